The molecule has 1 saturated carbocycles. The van der Waals surface area contributed by atoms with Crippen LogP contribution >= 0.6 is 0 Å². The maximum Gasteiger partial charge on any atom is 0.230 e. The molecule has 1 saturated heterocycles. The Morgan fingerprint density at radius 2 is 1.64 bits per heavy atom. The topological polar surface area (TPSA) is 94.2 Å². The Morgan fingerprint density at radius 1 is 1.08 bits per heavy atom. The molecule has 0 bridgehead atoms. The van der Waals surface area contributed by atoms with Crippen LogP contribution in [0.5, 0.6) is 17.2 Å². The van der Waals surface area contributed by atoms with Gasteiger partial charge in [-0.2, -0.15) is 4.31 Å². The molecule has 25 heavy (non-hydrogen) atoms. The molecule has 1 aromatic rings. The van der Waals surface area contributed by atoms with Crippen LogP contribution in [0.15, 0.2) is 12.1 Å². The number of hydrogen-bond acceptors (Lipinski definition) is 6. The van der Waals surface area contributed by atoms with Gasteiger partial charge in [-0.25, -0.2) is 8.42 Å². The van der Waals surface area contributed by atoms with Gasteiger partial charge in [0.1, 0.15) is 0 Å². The van der Waals surface area contributed by atoms with Gasteiger partial charge in [0.05, 0.1) is 32.5 Å². The molecular formula is C16H22N2O6S. The average Bonchev–Trinajstić information content (AvgIpc) is 3.37. The number of benzene rings is 1. The van der Waals surface area contributed by atoms with Crippen molar-refractivity contribution in [1.82, 2.24) is 4.31 Å². The summed E-state index contributed by atoms with van der Waals surface area (Å²) in [4.78, 5) is 12.4. The number of rotatable bonds is 7. The van der Waals surface area contributed by atoms with Crippen molar-refractivity contribution in [1.29, 1.82) is 0 Å². The van der Waals surface area contributed by atoms with Crippen LogP contribution in [0.4, 0.5) is 5.69 Å². The van der Waals surface area contributed by atoms with E-state index in [-0.39, 0.29) is 30.2 Å². The second-order valence-corrected chi connectivity index (χ2v) is 8.37. The van der Waals surface area contributed by atoms with Crippen molar-refractivity contribution in [2.24, 2.45) is 5.92 Å². The fourth-order valence-corrected chi connectivity index (χ4v) is 4.71. The van der Waals surface area contributed by atoms with Crippen molar-refractivity contribution in [3.63, 3.8) is 0 Å². The second kappa shape index (κ2) is 6.72. The Labute approximate surface area is 147 Å². The lowest BCUT2D eigenvalue weighted by atomic mass is 10.0. The van der Waals surface area contributed by atoms with Crippen molar-refractivity contribution >= 4 is 21.6 Å². The van der Waals surface area contributed by atoms with Crippen molar-refractivity contribution in [2.45, 2.75) is 18.1 Å². The molecule has 2 fully saturated rings. The molecule has 1 heterocycles. The number of ether oxygens (including phenoxy) is 3. The van der Waals surface area contributed by atoms with Gasteiger partial charge in [0.15, 0.2) is 11.5 Å². The van der Waals surface area contributed by atoms with Gasteiger partial charge in [0.2, 0.25) is 21.7 Å². The van der Waals surface area contributed by atoms with Crippen molar-refractivity contribution < 1.29 is 27.4 Å². The average molecular weight is 370 g/mol. The van der Waals surface area contributed by atoms with Crippen LogP contribution in [0.1, 0.15) is 12.8 Å². The van der Waals surface area contributed by atoms with E-state index in [1.807, 2.05) is 0 Å². The van der Waals surface area contributed by atoms with E-state index >= 15 is 0 Å². The molecule has 1 amide bonds. The Balaban J connectivity index is 1.66. The Hall–Kier alpha value is -2.00. The first-order chi connectivity index (χ1) is 11.9. The number of anilines is 1. The molecule has 1 N–H and O–H groups in total. The second-order valence-electron chi connectivity index (χ2n) is 6.16. The van der Waals surface area contributed by atoms with Crippen LogP contribution in [-0.4, -0.2) is 58.3 Å². The highest BCUT2D eigenvalue weighted by molar-refractivity contribution is 7.90. The van der Waals surface area contributed by atoms with Gasteiger partial charge < -0.3 is 19.5 Å². The maximum atomic E-state index is 12.4. The highest BCUT2D eigenvalue weighted by Gasteiger charge is 2.46. The maximum absolute atomic E-state index is 12.4. The van der Waals surface area contributed by atoms with Gasteiger partial charge in [-0.1, -0.05) is 0 Å². The molecule has 9 heteroatoms. The minimum Gasteiger partial charge on any atom is -0.493 e. The van der Waals surface area contributed by atoms with Crippen LogP contribution in [0.25, 0.3) is 0 Å². The standard InChI is InChI=1S/C16H22N2O6S/c1-22-13-6-11(7-14(23-2)15(13)24-3)17-16(19)10-8-18(9-10)25(20,21)12-4-5-12/h6-7,10,12H,4-5,8-9H2,1-3H3,(H,17,19). The Bertz CT molecular complexity index is 744. The van der Waals surface area contributed by atoms with Gasteiger partial charge in [-0.05, 0) is 12.8 Å². The highest BCUT2D eigenvalue weighted by atomic mass is 32.2. The van der Waals surface area contributed by atoms with E-state index in [0.717, 1.165) is 12.8 Å². The molecule has 0 spiro atoms. The molecule has 0 aromatic heterocycles. The summed E-state index contributed by atoms with van der Waals surface area (Å²) < 4.78 is 41.3. The summed E-state index contributed by atoms with van der Waals surface area (Å²) in [6, 6.07) is 3.27. The van der Waals surface area contributed by atoms with E-state index in [0.29, 0.717) is 22.9 Å². The predicted octanol–water partition coefficient (Wildman–Crippen LogP) is 1.07. The number of nitrogens with one attached hydrogen (secondary N) is 1. The Morgan fingerprint density at radius 3 is 2.08 bits per heavy atom. The van der Waals surface area contributed by atoms with Crippen LogP contribution in [0, 0.1) is 5.92 Å². The van der Waals surface area contributed by atoms with Gasteiger partial charge >= 0.3 is 0 Å². The summed E-state index contributed by atoms with van der Waals surface area (Å²) in [7, 11) is 1.29. The first kappa shape index (κ1) is 17.8. The lowest BCUT2D eigenvalue weighted by Crippen LogP contribution is -2.55. The molecule has 2 aliphatic rings. The lowest BCUT2D eigenvalue weighted by Gasteiger charge is -2.37. The predicted molar refractivity (Wildman–Crippen MR) is 91.7 cm³/mol. The normalized spacial score (nSPS) is 18.4. The molecular weight excluding hydrogens is 348 g/mol. The number of hydrogen-bond donors (Lipinski definition) is 1. The number of carbonyl (C=O) groups is 1. The Kier molecular flexibility index (Phi) is 4.79. The zero-order valence-corrected chi connectivity index (χ0v) is 15.3. The van der Waals surface area contributed by atoms with E-state index in [1.165, 1.54) is 25.6 Å². The number of amides is 1. The third-order valence-corrected chi connectivity index (χ3v) is 6.79. The fourth-order valence-electron chi connectivity index (χ4n) is 2.79. The summed E-state index contributed by atoms with van der Waals surface area (Å²) in [6.07, 6.45) is 1.45. The van der Waals surface area contributed by atoms with E-state index in [2.05, 4.69) is 5.32 Å². The molecule has 0 unspecified atom stereocenters. The quantitative estimate of drug-likeness (QED) is 0.772. The first-order valence-electron chi connectivity index (χ1n) is 8.00. The molecule has 1 aliphatic carbocycles. The zero-order valence-electron chi connectivity index (χ0n) is 14.4. The van der Waals surface area contributed by atoms with Crippen molar-refractivity contribution in [2.75, 3.05) is 39.7 Å². The first-order valence-corrected chi connectivity index (χ1v) is 9.50. The summed E-state index contributed by atoms with van der Waals surface area (Å²) in [5.41, 5.74) is 0.503. The number of carbonyl (C=O) groups excluding carboxylic acids is 1. The summed E-state index contributed by atoms with van der Waals surface area (Å²) in [6.45, 7) is 0.462. The summed E-state index contributed by atoms with van der Waals surface area (Å²) >= 11 is 0. The third kappa shape index (κ3) is 3.38. The van der Waals surface area contributed by atoms with E-state index < -0.39 is 10.0 Å². The number of nitrogens with zero attached hydrogens (tertiary/aromatic N) is 1. The monoisotopic (exact) mass is 370 g/mol. The summed E-state index contributed by atoms with van der Waals surface area (Å²) in [5.74, 6) is 0.727. The largest absolute Gasteiger partial charge is 0.493 e. The fraction of sp³-hybridized carbons (Fsp3) is 0.562. The molecule has 8 nitrogen and oxygen atoms in total. The van der Waals surface area contributed by atoms with Gasteiger partial charge in [-0.3, -0.25) is 4.79 Å². The number of sulfonamides is 1. The SMILES string of the molecule is COc1cc(NC(=O)C2CN(S(=O)(=O)C3CC3)C2)cc(OC)c1OC. The number of methoxy groups -OCH3 is 3. The van der Waals surface area contributed by atoms with Crippen molar-refractivity contribution in [3.05, 3.63) is 12.1 Å². The minimum absolute atomic E-state index is 0.225. The molecule has 3 rings (SSSR count). The van der Waals surface area contributed by atoms with Crippen LogP contribution < -0.4 is 19.5 Å². The molecule has 0 atom stereocenters. The van der Waals surface area contributed by atoms with Crippen LogP contribution in [0.3, 0.4) is 0 Å². The minimum atomic E-state index is -3.20. The van der Waals surface area contributed by atoms with Gasteiger partial charge in [0, 0.05) is 30.9 Å². The molecule has 138 valence electrons. The smallest absolute Gasteiger partial charge is 0.230 e. The highest BCUT2D eigenvalue weighted by Crippen LogP contribution is 2.40. The van der Waals surface area contributed by atoms with Gasteiger partial charge in [-0.15, -0.1) is 0 Å². The van der Waals surface area contributed by atoms with Crippen molar-refractivity contribution in [3.8, 4) is 17.2 Å². The third-order valence-electron chi connectivity index (χ3n) is 4.46. The van der Waals surface area contributed by atoms with E-state index in [9.17, 15) is 13.2 Å². The van der Waals surface area contributed by atoms with Crippen LogP contribution in [0.2, 0.25) is 0 Å². The molecule has 1 aliphatic heterocycles. The summed E-state index contributed by atoms with van der Waals surface area (Å²) in [5, 5.41) is 2.54. The van der Waals surface area contributed by atoms with Crippen LogP contribution in [-0.2, 0) is 14.8 Å². The molecule has 1 aromatic carbocycles. The van der Waals surface area contributed by atoms with Gasteiger partial charge in [0.25, 0.3) is 0 Å². The van der Waals surface area contributed by atoms with E-state index in [4.69, 9.17) is 14.2 Å². The van der Waals surface area contributed by atoms with E-state index in [1.54, 1.807) is 12.1 Å². The molecule has 0 radical (unpaired) electrons. The zero-order chi connectivity index (χ0) is 18.2. The lowest BCUT2D eigenvalue weighted by molar-refractivity contribution is -0.122.